The fourth-order valence-electron chi connectivity index (χ4n) is 4.97. The van der Waals surface area contributed by atoms with Crippen LogP contribution in [0, 0.1) is 19.0 Å². The Kier molecular flexibility index (Phi) is 12.9. The van der Waals surface area contributed by atoms with E-state index in [0.717, 1.165) is 64.5 Å². The molecule has 0 aromatic heterocycles. The van der Waals surface area contributed by atoms with Crippen LogP contribution in [-0.4, -0.2) is 27.4 Å². The third kappa shape index (κ3) is 7.52. The van der Waals surface area contributed by atoms with Crippen LogP contribution in [0.25, 0.3) is 21.5 Å². The Morgan fingerprint density at radius 2 is 1.00 bits per heavy atom. The van der Waals surface area contributed by atoms with E-state index in [-0.39, 0.29) is 0 Å². The normalized spacial score (nSPS) is 13.1. The van der Waals surface area contributed by atoms with Crippen LogP contribution in [0.4, 0.5) is 0 Å². The molecule has 3 aromatic carbocycles. The molecule has 210 valence electrons. The van der Waals surface area contributed by atoms with Crippen molar-refractivity contribution >= 4 is 66.7 Å². The van der Waals surface area contributed by atoms with Crippen LogP contribution < -0.4 is 18.9 Å². The number of ether oxygens (including phenoxy) is 4. The van der Waals surface area contributed by atoms with Crippen molar-refractivity contribution in [3.63, 3.8) is 0 Å². The number of halogens is 2. The lowest BCUT2D eigenvalue weighted by atomic mass is 9.98. The van der Waals surface area contributed by atoms with E-state index in [4.69, 9.17) is 18.9 Å². The lowest BCUT2D eigenvalue weighted by Gasteiger charge is -2.24. The van der Waals surface area contributed by atoms with Gasteiger partial charge in [0.15, 0.2) is 11.5 Å². The Morgan fingerprint density at radius 1 is 0.605 bits per heavy atom. The van der Waals surface area contributed by atoms with E-state index in [2.05, 4.69) is 97.1 Å². The molecule has 0 heterocycles. The average Bonchev–Trinajstić information content (AvgIpc) is 2.93. The zero-order chi connectivity index (χ0) is 27.7. The molecule has 0 N–H and O–H groups in total. The van der Waals surface area contributed by atoms with Crippen LogP contribution in [0.1, 0.15) is 79.1 Å². The minimum Gasteiger partial charge on any atom is -0.496 e. The summed E-state index contributed by atoms with van der Waals surface area (Å²) in [5.41, 5.74) is 0. The van der Waals surface area contributed by atoms with Gasteiger partial charge in [-0.25, -0.2) is 0 Å². The molecule has 2 unspecified atom stereocenters. The monoisotopic (exact) mass is 746 g/mol. The van der Waals surface area contributed by atoms with Crippen molar-refractivity contribution in [3.05, 3.63) is 31.4 Å². The number of fused-ring (bicyclic) bond motifs is 3. The summed E-state index contributed by atoms with van der Waals surface area (Å²) in [4.78, 5) is 0. The van der Waals surface area contributed by atoms with Crippen molar-refractivity contribution < 1.29 is 18.9 Å². The molecule has 3 aromatic rings. The smallest absolute Gasteiger partial charge is 0.169 e. The highest BCUT2D eigenvalue weighted by Crippen LogP contribution is 2.48. The third-order valence-electron chi connectivity index (χ3n) is 7.58. The van der Waals surface area contributed by atoms with Gasteiger partial charge in [0.05, 0.1) is 34.6 Å². The summed E-state index contributed by atoms with van der Waals surface area (Å²) >= 11 is 4.71. The Morgan fingerprint density at radius 3 is 1.32 bits per heavy atom. The first-order chi connectivity index (χ1) is 18.4. The standard InChI is InChI=1S/C32H44I2O4/c1-7-11-13-21(9-3)19-37-31-25-15-27(33)29(35-5)17-23(25)24-18-30(36-6)28(34)16-26(24)32(31)38-20-22(10-4)14-12-8-2/h15-18,21-22H,7-14,19-20H2,1-6H3. The van der Waals surface area contributed by atoms with E-state index in [9.17, 15) is 0 Å². The number of hydrogen-bond donors (Lipinski definition) is 0. The van der Waals surface area contributed by atoms with Gasteiger partial charge in [0.1, 0.15) is 11.5 Å². The molecule has 0 saturated carbocycles. The molecule has 0 aliphatic rings. The lowest BCUT2D eigenvalue weighted by molar-refractivity contribution is 0.203. The molecule has 0 amide bonds. The van der Waals surface area contributed by atoms with Gasteiger partial charge < -0.3 is 18.9 Å². The predicted molar refractivity (Wildman–Crippen MR) is 178 cm³/mol. The van der Waals surface area contributed by atoms with Gasteiger partial charge in [-0.15, -0.1) is 0 Å². The zero-order valence-electron chi connectivity index (χ0n) is 23.9. The van der Waals surface area contributed by atoms with Gasteiger partial charge in [-0.3, -0.25) is 0 Å². The van der Waals surface area contributed by atoms with Gasteiger partial charge in [0.2, 0.25) is 0 Å². The van der Waals surface area contributed by atoms with Crippen LogP contribution in [-0.2, 0) is 0 Å². The highest BCUT2D eigenvalue weighted by molar-refractivity contribution is 14.1. The van der Waals surface area contributed by atoms with E-state index < -0.39 is 0 Å². The van der Waals surface area contributed by atoms with Gasteiger partial charge in [-0.05, 0) is 105 Å². The van der Waals surface area contributed by atoms with Crippen molar-refractivity contribution in [1.82, 2.24) is 0 Å². The SMILES string of the molecule is CCCCC(CC)COc1c(OCC(CC)CCCC)c2cc(I)c(OC)cc2c2cc(OC)c(I)cc12. The van der Waals surface area contributed by atoms with Gasteiger partial charge in [-0.2, -0.15) is 0 Å². The Hall–Kier alpha value is -1.16. The van der Waals surface area contributed by atoms with Crippen LogP contribution >= 0.6 is 45.2 Å². The molecule has 0 bridgehead atoms. The van der Waals surface area contributed by atoms with Gasteiger partial charge in [0.25, 0.3) is 0 Å². The van der Waals surface area contributed by atoms with Crippen molar-refractivity contribution in [1.29, 1.82) is 0 Å². The quantitative estimate of drug-likeness (QED) is 0.108. The van der Waals surface area contributed by atoms with Crippen molar-refractivity contribution in [3.8, 4) is 23.0 Å². The van der Waals surface area contributed by atoms with Crippen molar-refractivity contribution in [2.45, 2.75) is 79.1 Å². The molecule has 0 radical (unpaired) electrons. The lowest BCUT2D eigenvalue weighted by Crippen LogP contribution is -2.15. The summed E-state index contributed by atoms with van der Waals surface area (Å²) in [6.07, 6.45) is 9.46. The first-order valence-electron chi connectivity index (χ1n) is 14.2. The van der Waals surface area contributed by atoms with Crippen LogP contribution in [0.2, 0.25) is 0 Å². The number of rotatable bonds is 16. The molecule has 0 fully saturated rings. The highest BCUT2D eigenvalue weighted by Gasteiger charge is 2.23. The predicted octanol–water partition coefficient (Wildman–Crippen LogP) is 10.4. The second kappa shape index (κ2) is 15.6. The van der Waals surface area contributed by atoms with Crippen LogP contribution in [0.15, 0.2) is 24.3 Å². The fraction of sp³-hybridized carbons (Fsp3) is 0.562. The maximum Gasteiger partial charge on any atom is 0.169 e. The summed E-state index contributed by atoms with van der Waals surface area (Å²) in [6.45, 7) is 10.4. The van der Waals surface area contributed by atoms with Crippen LogP contribution in [0.3, 0.4) is 0 Å². The fourth-order valence-corrected chi connectivity index (χ4v) is 6.35. The van der Waals surface area contributed by atoms with E-state index in [1.54, 1.807) is 14.2 Å². The van der Waals surface area contributed by atoms with Crippen molar-refractivity contribution in [2.75, 3.05) is 27.4 Å². The Bertz CT molecular complexity index is 1100. The molecule has 6 heteroatoms. The van der Waals surface area contributed by atoms with Gasteiger partial charge in [-0.1, -0.05) is 66.2 Å². The maximum absolute atomic E-state index is 6.78. The second-order valence-corrected chi connectivity index (χ2v) is 12.5. The first-order valence-corrected chi connectivity index (χ1v) is 16.3. The maximum atomic E-state index is 6.78. The Labute approximate surface area is 256 Å². The highest BCUT2D eigenvalue weighted by atomic mass is 127. The molecular formula is C32H44I2O4. The summed E-state index contributed by atoms with van der Waals surface area (Å²) in [7, 11) is 3.45. The molecule has 0 aliphatic carbocycles. The van der Waals surface area contributed by atoms with E-state index in [1.165, 1.54) is 38.5 Å². The van der Waals surface area contributed by atoms with Gasteiger partial charge >= 0.3 is 0 Å². The van der Waals surface area contributed by atoms with E-state index in [0.29, 0.717) is 25.0 Å². The first kappa shape index (κ1) is 31.4. The third-order valence-corrected chi connectivity index (χ3v) is 9.27. The average molecular weight is 747 g/mol. The number of benzene rings is 3. The molecule has 4 nitrogen and oxygen atoms in total. The topological polar surface area (TPSA) is 36.9 Å². The molecule has 0 saturated heterocycles. The molecule has 38 heavy (non-hydrogen) atoms. The largest absolute Gasteiger partial charge is 0.496 e. The molecule has 2 atom stereocenters. The summed E-state index contributed by atoms with van der Waals surface area (Å²) in [5, 5.41) is 4.31. The molecular weight excluding hydrogens is 702 g/mol. The molecule has 3 rings (SSSR count). The summed E-state index contributed by atoms with van der Waals surface area (Å²) in [6, 6.07) is 8.63. The Balaban J connectivity index is 2.24. The summed E-state index contributed by atoms with van der Waals surface area (Å²) < 4.78 is 27.1. The summed E-state index contributed by atoms with van der Waals surface area (Å²) in [5.74, 6) is 4.47. The number of hydrogen-bond acceptors (Lipinski definition) is 4. The van der Waals surface area contributed by atoms with E-state index >= 15 is 0 Å². The minimum absolute atomic E-state index is 0.523. The van der Waals surface area contributed by atoms with Crippen LogP contribution in [0.5, 0.6) is 23.0 Å². The zero-order valence-corrected chi connectivity index (χ0v) is 28.2. The van der Waals surface area contributed by atoms with Gasteiger partial charge in [0, 0.05) is 10.8 Å². The second-order valence-electron chi connectivity index (χ2n) is 10.2. The molecule has 0 aliphatic heterocycles. The number of methoxy groups -OCH3 is 2. The molecule has 0 spiro atoms. The van der Waals surface area contributed by atoms with Crippen molar-refractivity contribution in [2.24, 2.45) is 11.8 Å². The minimum atomic E-state index is 0.523. The van der Waals surface area contributed by atoms with E-state index in [1.807, 2.05) is 0 Å². The number of unbranched alkanes of at least 4 members (excludes halogenated alkanes) is 2.